The summed E-state index contributed by atoms with van der Waals surface area (Å²) >= 11 is 2.49. The molecule has 0 aromatic heterocycles. The second kappa shape index (κ2) is 6.43. The van der Waals surface area contributed by atoms with Crippen molar-refractivity contribution in [2.75, 3.05) is 13.2 Å². The van der Waals surface area contributed by atoms with Gasteiger partial charge in [-0.25, -0.2) is 0 Å². The second-order valence-corrected chi connectivity index (χ2v) is 8.63. The molecule has 15 heavy (non-hydrogen) atoms. The van der Waals surface area contributed by atoms with Crippen molar-refractivity contribution in [2.24, 2.45) is 11.3 Å². The Morgan fingerprint density at radius 2 is 1.67 bits per heavy atom. The Morgan fingerprint density at radius 1 is 1.13 bits per heavy atom. The molecule has 0 rings (SSSR count). The smallest absolute Gasteiger partial charge is 0.0609 e. The third-order valence-electron chi connectivity index (χ3n) is 2.59. The molecule has 1 nitrogen and oxygen atoms in total. The standard InChI is InChI=1S/C13H27IO/c1-7-13(6,14)10-15-9-12(4,5)8-11(2)3/h11H,7-10H2,1-6H3. The van der Waals surface area contributed by atoms with E-state index in [1.807, 2.05) is 0 Å². The van der Waals surface area contributed by atoms with E-state index in [-0.39, 0.29) is 0 Å². The molecule has 92 valence electrons. The van der Waals surface area contributed by atoms with Crippen molar-refractivity contribution in [3.8, 4) is 0 Å². The monoisotopic (exact) mass is 326 g/mol. The van der Waals surface area contributed by atoms with E-state index in [1.54, 1.807) is 0 Å². The molecule has 0 aliphatic heterocycles. The van der Waals surface area contributed by atoms with Crippen molar-refractivity contribution in [2.45, 2.75) is 57.8 Å². The van der Waals surface area contributed by atoms with Gasteiger partial charge in [-0.05, 0) is 31.1 Å². The van der Waals surface area contributed by atoms with E-state index in [1.165, 1.54) is 6.42 Å². The molecule has 1 unspecified atom stereocenters. The first kappa shape index (κ1) is 15.7. The number of halogens is 1. The minimum absolute atomic E-state index is 0.297. The molecule has 0 aromatic carbocycles. The predicted molar refractivity (Wildman–Crippen MR) is 76.8 cm³/mol. The Hall–Kier alpha value is 0.690. The fraction of sp³-hybridized carbons (Fsp3) is 1.00. The molecule has 0 N–H and O–H groups in total. The highest BCUT2D eigenvalue weighted by atomic mass is 127. The van der Waals surface area contributed by atoms with Crippen molar-refractivity contribution in [3.63, 3.8) is 0 Å². The summed E-state index contributed by atoms with van der Waals surface area (Å²) in [6.45, 7) is 15.4. The third kappa shape index (κ3) is 8.49. The van der Waals surface area contributed by atoms with Crippen LogP contribution in [0.3, 0.4) is 0 Å². The van der Waals surface area contributed by atoms with E-state index >= 15 is 0 Å². The molecule has 0 bridgehead atoms. The molecule has 0 amide bonds. The van der Waals surface area contributed by atoms with Gasteiger partial charge in [0.25, 0.3) is 0 Å². The third-order valence-corrected chi connectivity index (χ3v) is 3.67. The lowest BCUT2D eigenvalue weighted by Gasteiger charge is -2.29. The van der Waals surface area contributed by atoms with Crippen molar-refractivity contribution >= 4 is 22.6 Å². The summed E-state index contributed by atoms with van der Waals surface area (Å²) in [5, 5.41) is 0. The number of ether oxygens (including phenoxy) is 1. The summed E-state index contributed by atoms with van der Waals surface area (Å²) < 4.78 is 6.14. The lowest BCUT2D eigenvalue weighted by molar-refractivity contribution is 0.0426. The van der Waals surface area contributed by atoms with Crippen molar-refractivity contribution < 1.29 is 4.74 Å². The Morgan fingerprint density at radius 3 is 2.07 bits per heavy atom. The highest BCUT2D eigenvalue weighted by Gasteiger charge is 2.23. The van der Waals surface area contributed by atoms with Crippen LogP contribution in [0, 0.1) is 11.3 Å². The van der Waals surface area contributed by atoms with Gasteiger partial charge in [0.05, 0.1) is 13.2 Å². The molecule has 0 aliphatic carbocycles. The SMILES string of the molecule is CCC(C)(I)COCC(C)(C)CC(C)C. The van der Waals surface area contributed by atoms with E-state index < -0.39 is 0 Å². The average Bonchev–Trinajstić information content (AvgIpc) is 2.00. The zero-order valence-corrected chi connectivity index (χ0v) is 13.3. The largest absolute Gasteiger partial charge is 0.380 e. The molecule has 0 fully saturated rings. The minimum atomic E-state index is 0.297. The fourth-order valence-electron chi connectivity index (χ4n) is 1.81. The molecule has 0 saturated heterocycles. The Bertz CT molecular complexity index is 173. The zero-order chi connectivity index (χ0) is 12.1. The summed E-state index contributed by atoms with van der Waals surface area (Å²) in [6.07, 6.45) is 2.40. The molecule has 0 radical (unpaired) electrons. The van der Waals surface area contributed by atoms with Gasteiger partial charge in [-0.3, -0.25) is 0 Å². The Kier molecular flexibility index (Phi) is 6.73. The number of rotatable bonds is 7. The lowest BCUT2D eigenvalue weighted by atomic mass is 9.85. The molecule has 0 heterocycles. The van der Waals surface area contributed by atoms with E-state index in [4.69, 9.17) is 4.74 Å². The van der Waals surface area contributed by atoms with Gasteiger partial charge in [0, 0.05) is 3.42 Å². The molecule has 0 spiro atoms. The predicted octanol–water partition coefficient (Wildman–Crippen LogP) is 4.68. The summed E-state index contributed by atoms with van der Waals surface area (Å²) in [4.78, 5) is 0. The summed E-state index contributed by atoms with van der Waals surface area (Å²) in [6, 6.07) is 0. The van der Waals surface area contributed by atoms with Crippen molar-refractivity contribution in [1.82, 2.24) is 0 Å². The van der Waals surface area contributed by atoms with Crippen LogP contribution in [0.1, 0.15) is 54.4 Å². The summed E-state index contributed by atoms with van der Waals surface area (Å²) in [5.41, 5.74) is 0.314. The van der Waals surface area contributed by atoms with Crippen LogP contribution in [-0.2, 0) is 4.74 Å². The molecule has 1 atom stereocenters. The van der Waals surface area contributed by atoms with Gasteiger partial charge in [0.2, 0.25) is 0 Å². The Labute approximate surface area is 109 Å². The van der Waals surface area contributed by atoms with Crippen molar-refractivity contribution in [1.29, 1.82) is 0 Å². The summed E-state index contributed by atoms with van der Waals surface area (Å²) in [7, 11) is 0. The zero-order valence-electron chi connectivity index (χ0n) is 11.2. The lowest BCUT2D eigenvalue weighted by Crippen LogP contribution is -2.27. The number of hydrogen-bond acceptors (Lipinski definition) is 1. The fourth-order valence-corrected chi connectivity index (χ4v) is 2.03. The molecule has 0 aromatic rings. The first-order chi connectivity index (χ1) is 6.68. The maximum Gasteiger partial charge on any atom is 0.0609 e. The maximum atomic E-state index is 5.85. The van der Waals surface area contributed by atoms with Crippen LogP contribution < -0.4 is 0 Å². The van der Waals surface area contributed by atoms with E-state index in [0.717, 1.165) is 25.6 Å². The van der Waals surface area contributed by atoms with Gasteiger partial charge in [-0.2, -0.15) is 0 Å². The van der Waals surface area contributed by atoms with E-state index in [2.05, 4.69) is 64.1 Å². The van der Waals surface area contributed by atoms with Gasteiger partial charge >= 0.3 is 0 Å². The van der Waals surface area contributed by atoms with Crippen LogP contribution >= 0.6 is 22.6 Å². The quantitative estimate of drug-likeness (QED) is 0.488. The van der Waals surface area contributed by atoms with Gasteiger partial charge in [0.15, 0.2) is 0 Å². The van der Waals surface area contributed by atoms with E-state index in [9.17, 15) is 0 Å². The molecule has 2 heteroatoms. The van der Waals surface area contributed by atoms with Gasteiger partial charge in [-0.15, -0.1) is 0 Å². The van der Waals surface area contributed by atoms with Crippen LogP contribution in [-0.4, -0.2) is 16.6 Å². The van der Waals surface area contributed by atoms with E-state index in [0.29, 0.717) is 8.84 Å². The minimum Gasteiger partial charge on any atom is -0.380 e. The molecule has 0 aliphatic rings. The number of hydrogen-bond donors (Lipinski definition) is 0. The van der Waals surface area contributed by atoms with Crippen LogP contribution in [0.2, 0.25) is 0 Å². The highest BCUT2D eigenvalue weighted by Crippen LogP contribution is 2.27. The average molecular weight is 326 g/mol. The Balaban J connectivity index is 3.84. The number of alkyl halides is 1. The molecular weight excluding hydrogens is 299 g/mol. The van der Waals surface area contributed by atoms with Crippen LogP contribution in [0.4, 0.5) is 0 Å². The van der Waals surface area contributed by atoms with Crippen LogP contribution in [0.15, 0.2) is 0 Å². The van der Waals surface area contributed by atoms with Crippen LogP contribution in [0.25, 0.3) is 0 Å². The molecular formula is C13H27IO. The topological polar surface area (TPSA) is 9.23 Å². The van der Waals surface area contributed by atoms with Crippen LogP contribution in [0.5, 0.6) is 0 Å². The second-order valence-electron chi connectivity index (χ2n) is 6.02. The first-order valence-electron chi connectivity index (χ1n) is 5.95. The van der Waals surface area contributed by atoms with Gasteiger partial charge in [-0.1, -0.05) is 57.2 Å². The van der Waals surface area contributed by atoms with Crippen molar-refractivity contribution in [3.05, 3.63) is 0 Å². The summed E-state index contributed by atoms with van der Waals surface area (Å²) in [5.74, 6) is 0.751. The highest BCUT2D eigenvalue weighted by molar-refractivity contribution is 14.1. The molecule has 0 saturated carbocycles. The van der Waals surface area contributed by atoms with Gasteiger partial charge in [0.1, 0.15) is 0 Å². The first-order valence-corrected chi connectivity index (χ1v) is 7.03. The normalized spacial score (nSPS) is 16.8. The van der Waals surface area contributed by atoms with Gasteiger partial charge < -0.3 is 4.74 Å². The maximum absolute atomic E-state index is 5.85.